The van der Waals surface area contributed by atoms with Crippen LogP contribution in [-0.4, -0.2) is 47.5 Å². The van der Waals surface area contributed by atoms with Crippen LogP contribution in [0.5, 0.6) is 0 Å². The maximum atomic E-state index is 13.5. The molecular weight excluding hydrogens is 414 g/mol. The molecule has 0 radical (unpaired) electrons. The van der Waals surface area contributed by atoms with Crippen LogP contribution >= 0.6 is 0 Å². The Kier molecular flexibility index (Phi) is 6.90. The van der Waals surface area contributed by atoms with Gasteiger partial charge in [0.25, 0.3) is 0 Å². The molecule has 0 spiro atoms. The Labute approximate surface area is 194 Å². The molecule has 0 aliphatic carbocycles. The van der Waals surface area contributed by atoms with Gasteiger partial charge in [0.1, 0.15) is 0 Å². The van der Waals surface area contributed by atoms with E-state index in [0.29, 0.717) is 25.3 Å². The van der Waals surface area contributed by atoms with E-state index in [1.54, 1.807) is 12.1 Å². The average molecular weight is 444 g/mol. The molecule has 0 amide bonds. The number of piperidine rings is 1. The Morgan fingerprint density at radius 2 is 1.79 bits per heavy atom. The normalized spacial score (nSPS) is 14.2. The molecule has 1 aliphatic rings. The number of carbonyl (C=O) groups is 2. The van der Waals surface area contributed by atoms with E-state index in [9.17, 15) is 9.59 Å². The van der Waals surface area contributed by atoms with E-state index in [4.69, 9.17) is 11.3 Å². The standard InChI is InChI=1S/C27H29N3O3/c1-19-27(26(32)18-29-14-5-4-6-15-29)24-12-7-21(13-16-33-20(2)31)17-25(24)30(19)23-10-8-22(28-3)9-11-23/h7-12,17H,4-6,13-16,18H2,1-2H3. The molecule has 0 bridgehead atoms. The van der Waals surface area contributed by atoms with Crippen molar-refractivity contribution in [3.63, 3.8) is 0 Å². The molecule has 0 N–H and O–H groups in total. The maximum Gasteiger partial charge on any atom is 0.302 e. The van der Waals surface area contributed by atoms with Gasteiger partial charge in [-0.15, -0.1) is 0 Å². The minimum Gasteiger partial charge on any atom is -0.466 e. The second-order valence-electron chi connectivity index (χ2n) is 8.63. The fraction of sp³-hybridized carbons (Fsp3) is 0.370. The van der Waals surface area contributed by atoms with Crippen molar-refractivity contribution in [2.45, 2.75) is 39.5 Å². The molecule has 170 valence electrons. The number of esters is 1. The number of ketones is 1. The Morgan fingerprint density at radius 1 is 1.06 bits per heavy atom. The Bertz CT molecular complexity index is 1210. The zero-order chi connectivity index (χ0) is 23.4. The van der Waals surface area contributed by atoms with E-state index < -0.39 is 0 Å². The van der Waals surface area contributed by atoms with E-state index in [2.05, 4.69) is 20.4 Å². The lowest BCUT2D eigenvalue weighted by molar-refractivity contribution is -0.140. The Balaban J connectivity index is 1.76. The maximum absolute atomic E-state index is 13.5. The van der Waals surface area contributed by atoms with Crippen molar-refractivity contribution >= 4 is 28.3 Å². The minimum absolute atomic E-state index is 0.142. The fourth-order valence-corrected chi connectivity index (χ4v) is 4.69. The van der Waals surface area contributed by atoms with Gasteiger partial charge in [-0.3, -0.25) is 14.5 Å². The molecule has 33 heavy (non-hydrogen) atoms. The van der Waals surface area contributed by atoms with Crippen molar-refractivity contribution in [3.8, 4) is 5.69 Å². The summed E-state index contributed by atoms with van der Waals surface area (Å²) in [5.41, 5.74) is 5.15. The molecule has 0 unspecified atom stereocenters. The van der Waals surface area contributed by atoms with Gasteiger partial charge in [0.15, 0.2) is 11.5 Å². The number of hydrogen-bond donors (Lipinski definition) is 0. The highest BCUT2D eigenvalue weighted by atomic mass is 16.5. The molecule has 1 saturated heterocycles. The van der Waals surface area contributed by atoms with Crippen LogP contribution in [0.15, 0.2) is 42.5 Å². The molecular formula is C27H29N3O3. The molecule has 1 fully saturated rings. The first kappa shape index (κ1) is 22.8. The van der Waals surface area contributed by atoms with Crippen molar-refractivity contribution in [1.82, 2.24) is 9.47 Å². The van der Waals surface area contributed by atoms with Crippen LogP contribution in [0.25, 0.3) is 21.4 Å². The highest BCUT2D eigenvalue weighted by Crippen LogP contribution is 2.32. The Hall–Kier alpha value is -3.43. The summed E-state index contributed by atoms with van der Waals surface area (Å²) in [6.45, 7) is 13.3. The van der Waals surface area contributed by atoms with Gasteiger partial charge in [-0.05, 0) is 56.6 Å². The topological polar surface area (TPSA) is 55.9 Å². The first-order valence-electron chi connectivity index (χ1n) is 11.5. The summed E-state index contributed by atoms with van der Waals surface area (Å²) < 4.78 is 7.22. The van der Waals surface area contributed by atoms with Crippen LogP contribution in [0.1, 0.15) is 47.8 Å². The molecule has 1 aromatic heterocycles. The first-order chi connectivity index (χ1) is 16.0. The zero-order valence-corrected chi connectivity index (χ0v) is 19.3. The second-order valence-corrected chi connectivity index (χ2v) is 8.63. The lowest BCUT2D eigenvalue weighted by Gasteiger charge is -2.25. The van der Waals surface area contributed by atoms with Gasteiger partial charge in [-0.2, -0.15) is 0 Å². The van der Waals surface area contributed by atoms with Gasteiger partial charge >= 0.3 is 5.97 Å². The number of Topliss-reactive ketones (excluding diaryl/α,β-unsaturated/α-hetero) is 1. The SMILES string of the molecule is [C-]#[N+]c1ccc(-n2c(C)c(C(=O)CN3CCCCC3)c3ccc(CCOC(C)=O)cc32)cc1. The number of hydrogen-bond acceptors (Lipinski definition) is 4. The summed E-state index contributed by atoms with van der Waals surface area (Å²) in [6.07, 6.45) is 4.13. The van der Waals surface area contributed by atoms with Crippen molar-refractivity contribution in [1.29, 1.82) is 0 Å². The number of rotatable bonds is 7. The summed E-state index contributed by atoms with van der Waals surface area (Å²) in [6, 6.07) is 13.5. The molecule has 1 aliphatic heterocycles. The number of likely N-dealkylation sites (tertiary alicyclic amines) is 1. The third-order valence-corrected chi connectivity index (χ3v) is 6.30. The predicted octanol–water partition coefficient (Wildman–Crippen LogP) is 5.26. The van der Waals surface area contributed by atoms with Crippen molar-refractivity contribution < 1.29 is 14.3 Å². The smallest absolute Gasteiger partial charge is 0.302 e. The lowest BCUT2D eigenvalue weighted by Crippen LogP contribution is -2.34. The number of fused-ring (bicyclic) bond motifs is 1. The van der Waals surface area contributed by atoms with Gasteiger partial charge in [0.2, 0.25) is 0 Å². The summed E-state index contributed by atoms with van der Waals surface area (Å²) in [7, 11) is 0. The van der Waals surface area contributed by atoms with Gasteiger partial charge in [0.05, 0.1) is 25.2 Å². The minimum atomic E-state index is -0.291. The van der Waals surface area contributed by atoms with E-state index in [-0.39, 0.29) is 11.8 Å². The van der Waals surface area contributed by atoms with Crippen LogP contribution in [0.4, 0.5) is 5.69 Å². The van der Waals surface area contributed by atoms with Crippen LogP contribution in [0.3, 0.4) is 0 Å². The van der Waals surface area contributed by atoms with E-state index in [0.717, 1.165) is 59.3 Å². The number of carbonyl (C=O) groups excluding carboxylic acids is 2. The van der Waals surface area contributed by atoms with Crippen LogP contribution in [0, 0.1) is 13.5 Å². The first-order valence-corrected chi connectivity index (χ1v) is 11.5. The van der Waals surface area contributed by atoms with E-state index in [1.165, 1.54) is 13.3 Å². The summed E-state index contributed by atoms with van der Waals surface area (Å²) in [4.78, 5) is 30.4. The van der Waals surface area contributed by atoms with Gasteiger partial charge in [-0.1, -0.05) is 30.7 Å². The summed E-state index contributed by atoms with van der Waals surface area (Å²) >= 11 is 0. The molecule has 6 heteroatoms. The third kappa shape index (κ3) is 4.99. The lowest BCUT2D eigenvalue weighted by atomic mass is 10.0. The summed E-state index contributed by atoms with van der Waals surface area (Å²) in [5.74, 6) is -0.149. The molecule has 6 nitrogen and oxygen atoms in total. The monoisotopic (exact) mass is 443 g/mol. The van der Waals surface area contributed by atoms with E-state index in [1.807, 2.05) is 31.2 Å². The predicted molar refractivity (Wildman–Crippen MR) is 129 cm³/mol. The average Bonchev–Trinajstić information content (AvgIpc) is 3.10. The van der Waals surface area contributed by atoms with Gasteiger partial charge in [0, 0.05) is 35.7 Å². The largest absolute Gasteiger partial charge is 0.466 e. The van der Waals surface area contributed by atoms with Gasteiger partial charge in [-0.25, -0.2) is 4.85 Å². The van der Waals surface area contributed by atoms with Crippen LogP contribution in [-0.2, 0) is 16.0 Å². The van der Waals surface area contributed by atoms with Crippen molar-refractivity contribution in [2.75, 3.05) is 26.2 Å². The second kappa shape index (κ2) is 10.0. The van der Waals surface area contributed by atoms with Gasteiger partial charge < -0.3 is 9.30 Å². The molecule has 2 aromatic carbocycles. The molecule has 4 rings (SSSR count). The Morgan fingerprint density at radius 3 is 2.45 bits per heavy atom. The number of ether oxygens (including phenoxy) is 1. The van der Waals surface area contributed by atoms with Crippen molar-refractivity contribution in [3.05, 3.63) is 70.7 Å². The highest BCUT2D eigenvalue weighted by Gasteiger charge is 2.23. The quantitative estimate of drug-likeness (QED) is 0.284. The van der Waals surface area contributed by atoms with Crippen LogP contribution < -0.4 is 0 Å². The number of aromatic nitrogens is 1. The van der Waals surface area contributed by atoms with E-state index >= 15 is 0 Å². The van der Waals surface area contributed by atoms with Crippen molar-refractivity contribution in [2.24, 2.45) is 0 Å². The molecule has 0 saturated carbocycles. The zero-order valence-electron chi connectivity index (χ0n) is 19.3. The molecule has 0 atom stereocenters. The number of benzene rings is 2. The number of nitrogens with zero attached hydrogens (tertiary/aromatic N) is 3. The third-order valence-electron chi connectivity index (χ3n) is 6.30. The summed E-state index contributed by atoms with van der Waals surface area (Å²) in [5, 5.41) is 0.931. The van der Waals surface area contributed by atoms with Crippen LogP contribution in [0.2, 0.25) is 0 Å². The highest BCUT2D eigenvalue weighted by molar-refractivity contribution is 6.11. The molecule has 3 aromatic rings. The fourth-order valence-electron chi connectivity index (χ4n) is 4.69. The molecule has 2 heterocycles.